The SMILES string of the molecule is CCc1cccc(NC(=O)CSc2nncn2-c2ccc(OC)cc2)c1. The van der Waals surface area contributed by atoms with Crippen LogP contribution < -0.4 is 10.1 Å². The number of aromatic nitrogens is 3. The molecule has 2 aromatic carbocycles. The molecule has 1 aromatic heterocycles. The Morgan fingerprint density at radius 2 is 2.04 bits per heavy atom. The van der Waals surface area contributed by atoms with E-state index in [1.807, 2.05) is 53.1 Å². The molecular formula is C19H20N4O2S. The van der Waals surface area contributed by atoms with E-state index in [-0.39, 0.29) is 11.7 Å². The number of carbonyl (C=O) groups is 1. The quantitative estimate of drug-likeness (QED) is 0.646. The highest BCUT2D eigenvalue weighted by Crippen LogP contribution is 2.22. The van der Waals surface area contributed by atoms with Crippen LogP contribution in [0.3, 0.4) is 0 Å². The molecule has 134 valence electrons. The number of rotatable bonds is 7. The summed E-state index contributed by atoms with van der Waals surface area (Å²) >= 11 is 1.34. The fraction of sp³-hybridized carbons (Fsp3) is 0.211. The predicted octanol–water partition coefficient (Wildman–Crippen LogP) is 3.57. The number of thioether (sulfide) groups is 1. The van der Waals surface area contributed by atoms with Gasteiger partial charge in [0.2, 0.25) is 5.91 Å². The largest absolute Gasteiger partial charge is 0.497 e. The Morgan fingerprint density at radius 1 is 1.23 bits per heavy atom. The van der Waals surface area contributed by atoms with Gasteiger partial charge in [-0.1, -0.05) is 30.8 Å². The van der Waals surface area contributed by atoms with Crippen molar-refractivity contribution in [2.75, 3.05) is 18.2 Å². The van der Waals surface area contributed by atoms with Crippen molar-refractivity contribution in [2.45, 2.75) is 18.5 Å². The number of methoxy groups -OCH3 is 1. The van der Waals surface area contributed by atoms with Gasteiger partial charge in [-0.25, -0.2) is 0 Å². The molecule has 6 nitrogen and oxygen atoms in total. The molecule has 1 N–H and O–H groups in total. The van der Waals surface area contributed by atoms with Gasteiger partial charge in [0.25, 0.3) is 0 Å². The molecule has 0 spiro atoms. The molecule has 0 unspecified atom stereocenters. The molecule has 3 rings (SSSR count). The topological polar surface area (TPSA) is 69.0 Å². The van der Waals surface area contributed by atoms with Crippen molar-refractivity contribution in [1.29, 1.82) is 0 Å². The molecule has 0 radical (unpaired) electrons. The zero-order chi connectivity index (χ0) is 18.4. The van der Waals surface area contributed by atoms with Gasteiger partial charge < -0.3 is 10.1 Å². The third-order valence-corrected chi connectivity index (χ3v) is 4.76. The Labute approximate surface area is 156 Å². The van der Waals surface area contributed by atoms with E-state index in [1.165, 1.54) is 17.3 Å². The summed E-state index contributed by atoms with van der Waals surface area (Å²) in [5, 5.41) is 11.6. The second-order valence-electron chi connectivity index (χ2n) is 5.57. The molecule has 3 aromatic rings. The van der Waals surface area contributed by atoms with Gasteiger partial charge in [0, 0.05) is 11.4 Å². The molecule has 26 heavy (non-hydrogen) atoms. The van der Waals surface area contributed by atoms with Crippen molar-refractivity contribution in [2.24, 2.45) is 0 Å². The summed E-state index contributed by atoms with van der Waals surface area (Å²) in [6.45, 7) is 2.09. The number of aryl methyl sites for hydroxylation is 1. The maximum Gasteiger partial charge on any atom is 0.234 e. The van der Waals surface area contributed by atoms with Crippen molar-refractivity contribution < 1.29 is 9.53 Å². The zero-order valence-corrected chi connectivity index (χ0v) is 15.5. The monoisotopic (exact) mass is 368 g/mol. The lowest BCUT2D eigenvalue weighted by Crippen LogP contribution is -2.14. The molecule has 1 heterocycles. The summed E-state index contributed by atoms with van der Waals surface area (Å²) in [6.07, 6.45) is 2.57. The minimum absolute atomic E-state index is 0.0764. The lowest BCUT2D eigenvalue weighted by atomic mass is 10.1. The molecule has 0 aliphatic rings. The second-order valence-corrected chi connectivity index (χ2v) is 6.51. The summed E-state index contributed by atoms with van der Waals surface area (Å²) in [4.78, 5) is 12.2. The van der Waals surface area contributed by atoms with E-state index in [4.69, 9.17) is 4.74 Å². The summed E-state index contributed by atoms with van der Waals surface area (Å²) in [7, 11) is 1.63. The van der Waals surface area contributed by atoms with Gasteiger partial charge in [0.05, 0.1) is 12.9 Å². The highest BCUT2D eigenvalue weighted by molar-refractivity contribution is 7.99. The smallest absolute Gasteiger partial charge is 0.234 e. The number of nitrogens with zero attached hydrogens (tertiary/aromatic N) is 3. The number of amides is 1. The fourth-order valence-corrected chi connectivity index (χ4v) is 3.17. The van der Waals surface area contributed by atoms with E-state index in [9.17, 15) is 4.79 Å². The molecule has 0 aliphatic carbocycles. The minimum Gasteiger partial charge on any atom is -0.497 e. The van der Waals surface area contributed by atoms with Gasteiger partial charge in [-0.2, -0.15) is 0 Å². The number of benzene rings is 2. The molecule has 7 heteroatoms. The Morgan fingerprint density at radius 3 is 2.77 bits per heavy atom. The van der Waals surface area contributed by atoms with Crippen LogP contribution in [0.2, 0.25) is 0 Å². The van der Waals surface area contributed by atoms with Gasteiger partial charge in [-0.05, 0) is 48.4 Å². The minimum atomic E-state index is -0.0764. The Hall–Kier alpha value is -2.80. The second kappa shape index (κ2) is 8.53. The summed E-state index contributed by atoms with van der Waals surface area (Å²) in [6, 6.07) is 15.5. The Balaban J connectivity index is 1.63. The maximum absolute atomic E-state index is 12.2. The number of anilines is 1. The lowest BCUT2D eigenvalue weighted by molar-refractivity contribution is -0.113. The number of hydrogen-bond donors (Lipinski definition) is 1. The van der Waals surface area contributed by atoms with Crippen molar-refractivity contribution in [3.05, 3.63) is 60.4 Å². The van der Waals surface area contributed by atoms with Crippen LogP contribution in [0.1, 0.15) is 12.5 Å². The van der Waals surface area contributed by atoms with Crippen LogP contribution in [0.4, 0.5) is 5.69 Å². The molecule has 0 bridgehead atoms. The van der Waals surface area contributed by atoms with Gasteiger partial charge in [-0.15, -0.1) is 10.2 Å². The van der Waals surface area contributed by atoms with E-state index in [0.717, 1.165) is 23.5 Å². The van der Waals surface area contributed by atoms with Gasteiger partial charge in [-0.3, -0.25) is 9.36 Å². The first-order valence-electron chi connectivity index (χ1n) is 8.25. The van der Waals surface area contributed by atoms with E-state index in [1.54, 1.807) is 13.4 Å². The van der Waals surface area contributed by atoms with E-state index in [2.05, 4.69) is 22.4 Å². The van der Waals surface area contributed by atoms with Crippen molar-refractivity contribution >= 4 is 23.4 Å². The average Bonchev–Trinajstić information content (AvgIpc) is 3.15. The van der Waals surface area contributed by atoms with Crippen molar-refractivity contribution in [3.63, 3.8) is 0 Å². The van der Waals surface area contributed by atoms with Crippen LogP contribution in [0.25, 0.3) is 5.69 Å². The predicted molar refractivity (Wildman–Crippen MR) is 103 cm³/mol. The Bertz CT molecular complexity index is 877. The zero-order valence-electron chi connectivity index (χ0n) is 14.7. The van der Waals surface area contributed by atoms with Gasteiger partial charge in [0.1, 0.15) is 12.1 Å². The van der Waals surface area contributed by atoms with E-state index >= 15 is 0 Å². The Kier molecular flexibility index (Phi) is 5.91. The third kappa shape index (κ3) is 4.43. The summed E-state index contributed by atoms with van der Waals surface area (Å²) in [5.41, 5.74) is 2.91. The highest BCUT2D eigenvalue weighted by Gasteiger charge is 2.11. The summed E-state index contributed by atoms with van der Waals surface area (Å²) < 4.78 is 7.01. The number of nitrogens with one attached hydrogen (secondary N) is 1. The molecule has 0 fully saturated rings. The van der Waals surface area contributed by atoms with Crippen LogP contribution >= 0.6 is 11.8 Å². The average molecular weight is 368 g/mol. The van der Waals surface area contributed by atoms with E-state index < -0.39 is 0 Å². The van der Waals surface area contributed by atoms with Crippen LogP contribution in [0.15, 0.2) is 60.0 Å². The third-order valence-electron chi connectivity index (χ3n) is 3.82. The molecule has 0 aliphatic heterocycles. The highest BCUT2D eigenvalue weighted by atomic mass is 32.2. The lowest BCUT2D eigenvalue weighted by Gasteiger charge is -2.08. The number of ether oxygens (including phenoxy) is 1. The van der Waals surface area contributed by atoms with Crippen LogP contribution in [-0.2, 0) is 11.2 Å². The molecule has 0 saturated carbocycles. The van der Waals surface area contributed by atoms with Crippen LogP contribution in [0, 0.1) is 0 Å². The van der Waals surface area contributed by atoms with E-state index in [0.29, 0.717) is 5.16 Å². The number of hydrogen-bond acceptors (Lipinski definition) is 5. The first kappa shape index (κ1) is 18.0. The van der Waals surface area contributed by atoms with Crippen LogP contribution in [0.5, 0.6) is 5.75 Å². The molecular weight excluding hydrogens is 348 g/mol. The fourth-order valence-electron chi connectivity index (χ4n) is 2.44. The van der Waals surface area contributed by atoms with Crippen LogP contribution in [-0.4, -0.2) is 33.5 Å². The van der Waals surface area contributed by atoms with Gasteiger partial charge >= 0.3 is 0 Å². The first-order valence-corrected chi connectivity index (χ1v) is 9.24. The van der Waals surface area contributed by atoms with Gasteiger partial charge in [0.15, 0.2) is 5.16 Å². The first-order chi connectivity index (χ1) is 12.7. The normalized spacial score (nSPS) is 10.5. The molecule has 0 saturated heterocycles. The van der Waals surface area contributed by atoms with Crippen molar-refractivity contribution in [1.82, 2.24) is 14.8 Å². The standard InChI is InChI=1S/C19H20N4O2S/c1-3-14-5-4-6-15(11-14)21-18(24)12-26-19-22-20-13-23(19)16-7-9-17(25-2)10-8-16/h4-11,13H,3,12H2,1-2H3,(H,21,24). The maximum atomic E-state index is 12.2. The summed E-state index contributed by atoms with van der Waals surface area (Å²) in [5.74, 6) is 0.961. The molecule has 0 atom stereocenters. The number of carbonyl (C=O) groups excluding carboxylic acids is 1. The van der Waals surface area contributed by atoms with Crippen molar-refractivity contribution in [3.8, 4) is 11.4 Å². The molecule has 1 amide bonds.